The van der Waals surface area contributed by atoms with Gasteiger partial charge in [0.15, 0.2) is 0 Å². The molecule has 0 spiro atoms. The number of aryl methyl sites for hydroxylation is 2. The van der Waals surface area contributed by atoms with Crippen LogP contribution in [0.2, 0.25) is 0 Å². The summed E-state index contributed by atoms with van der Waals surface area (Å²) in [6, 6.07) is 7.10. The molecular formula is C17H28N2O. The second-order valence-electron chi connectivity index (χ2n) is 6.18. The Morgan fingerprint density at radius 1 is 1.25 bits per heavy atom. The maximum Gasteiger partial charge on any atom is 0.0678 e. The second kappa shape index (κ2) is 6.70. The van der Waals surface area contributed by atoms with E-state index in [9.17, 15) is 0 Å². The molecule has 1 N–H and O–H groups in total. The minimum atomic E-state index is 0.329. The van der Waals surface area contributed by atoms with Gasteiger partial charge in [0.2, 0.25) is 0 Å². The van der Waals surface area contributed by atoms with E-state index in [0.717, 1.165) is 19.6 Å². The summed E-state index contributed by atoms with van der Waals surface area (Å²) < 4.78 is 5.82. The Labute approximate surface area is 123 Å². The molecule has 1 unspecified atom stereocenters. The fourth-order valence-electron chi connectivity index (χ4n) is 3.17. The molecule has 112 valence electrons. The van der Waals surface area contributed by atoms with Crippen molar-refractivity contribution in [1.29, 1.82) is 0 Å². The fourth-order valence-corrected chi connectivity index (χ4v) is 3.17. The number of benzene rings is 1. The van der Waals surface area contributed by atoms with Gasteiger partial charge in [-0.1, -0.05) is 23.8 Å². The highest BCUT2D eigenvalue weighted by Gasteiger charge is 2.25. The fraction of sp³-hybridized carbons (Fsp3) is 0.647. The molecule has 0 aromatic heterocycles. The lowest BCUT2D eigenvalue weighted by Gasteiger charge is -2.37. The van der Waals surface area contributed by atoms with Gasteiger partial charge >= 0.3 is 0 Å². The van der Waals surface area contributed by atoms with Crippen molar-refractivity contribution in [3.05, 3.63) is 34.9 Å². The van der Waals surface area contributed by atoms with Crippen molar-refractivity contribution in [3.63, 3.8) is 0 Å². The van der Waals surface area contributed by atoms with Gasteiger partial charge in [-0.15, -0.1) is 0 Å². The summed E-state index contributed by atoms with van der Waals surface area (Å²) >= 11 is 0. The summed E-state index contributed by atoms with van der Waals surface area (Å²) in [6.45, 7) is 11.8. The van der Waals surface area contributed by atoms with E-state index in [4.69, 9.17) is 4.74 Å². The number of ether oxygens (including phenoxy) is 1. The van der Waals surface area contributed by atoms with Crippen molar-refractivity contribution in [2.75, 3.05) is 26.7 Å². The van der Waals surface area contributed by atoms with Crippen molar-refractivity contribution in [2.45, 2.75) is 45.9 Å². The largest absolute Gasteiger partial charge is 0.373 e. The average molecular weight is 276 g/mol. The SMILES string of the molecule is CNC(CN1C[C@@H](C)O[C@@H](C)C1)c1cc(C)ccc1C. The van der Waals surface area contributed by atoms with Crippen molar-refractivity contribution in [2.24, 2.45) is 0 Å². The molecule has 1 fully saturated rings. The van der Waals surface area contributed by atoms with E-state index in [1.165, 1.54) is 16.7 Å². The first-order valence-electron chi connectivity index (χ1n) is 7.61. The molecule has 20 heavy (non-hydrogen) atoms. The van der Waals surface area contributed by atoms with Gasteiger partial charge in [0.1, 0.15) is 0 Å². The third-order valence-corrected chi connectivity index (χ3v) is 4.09. The van der Waals surface area contributed by atoms with E-state index in [2.05, 4.69) is 63.2 Å². The van der Waals surface area contributed by atoms with Gasteiger partial charge in [0.25, 0.3) is 0 Å². The van der Waals surface area contributed by atoms with E-state index in [1.54, 1.807) is 0 Å². The molecule has 0 aliphatic carbocycles. The van der Waals surface area contributed by atoms with Crippen LogP contribution >= 0.6 is 0 Å². The Kier molecular flexibility index (Phi) is 5.19. The Morgan fingerprint density at radius 3 is 2.50 bits per heavy atom. The zero-order chi connectivity index (χ0) is 14.7. The molecule has 0 bridgehead atoms. The van der Waals surface area contributed by atoms with Gasteiger partial charge in [-0.2, -0.15) is 0 Å². The third kappa shape index (κ3) is 3.81. The Balaban J connectivity index is 2.10. The van der Waals surface area contributed by atoms with Crippen LogP contribution in [0.5, 0.6) is 0 Å². The van der Waals surface area contributed by atoms with Gasteiger partial charge in [0, 0.05) is 25.7 Å². The zero-order valence-corrected chi connectivity index (χ0v) is 13.4. The van der Waals surface area contributed by atoms with E-state index in [-0.39, 0.29) is 0 Å². The normalized spacial score (nSPS) is 25.6. The lowest BCUT2D eigenvalue weighted by Crippen LogP contribution is -2.48. The lowest BCUT2D eigenvalue weighted by atomic mass is 9.98. The number of hydrogen-bond donors (Lipinski definition) is 1. The summed E-state index contributed by atoms with van der Waals surface area (Å²) in [4.78, 5) is 2.52. The molecule has 0 saturated carbocycles. The average Bonchev–Trinajstić information content (AvgIpc) is 2.38. The van der Waals surface area contributed by atoms with Crippen LogP contribution in [0.1, 0.15) is 36.6 Å². The maximum atomic E-state index is 5.82. The molecule has 0 amide bonds. The van der Waals surface area contributed by atoms with Crippen LogP contribution in [0, 0.1) is 13.8 Å². The molecule has 1 aliphatic heterocycles. The summed E-state index contributed by atoms with van der Waals surface area (Å²) in [5, 5.41) is 3.48. The van der Waals surface area contributed by atoms with E-state index < -0.39 is 0 Å². The molecule has 1 aliphatic rings. The molecule has 3 atom stereocenters. The molecule has 0 radical (unpaired) electrons. The molecule has 2 rings (SSSR count). The van der Waals surface area contributed by atoms with Gasteiger partial charge in [-0.05, 0) is 45.9 Å². The number of likely N-dealkylation sites (N-methyl/N-ethyl adjacent to an activating group) is 1. The Bertz CT molecular complexity index is 437. The summed E-state index contributed by atoms with van der Waals surface area (Å²) in [6.07, 6.45) is 0.657. The standard InChI is InChI=1S/C17H28N2O/c1-12-6-7-13(2)16(8-12)17(18-5)11-19-9-14(3)20-15(4)10-19/h6-8,14-15,17-18H,9-11H2,1-5H3/t14-,15+,17?. The topological polar surface area (TPSA) is 24.5 Å². The van der Waals surface area contributed by atoms with Gasteiger partial charge in [-0.3, -0.25) is 4.90 Å². The van der Waals surface area contributed by atoms with Crippen LogP contribution in [-0.2, 0) is 4.74 Å². The number of nitrogens with zero attached hydrogens (tertiary/aromatic N) is 1. The quantitative estimate of drug-likeness (QED) is 0.915. The van der Waals surface area contributed by atoms with Gasteiger partial charge < -0.3 is 10.1 Å². The predicted molar refractivity (Wildman–Crippen MR) is 84.2 cm³/mol. The van der Waals surface area contributed by atoms with Crippen LogP contribution in [0.3, 0.4) is 0 Å². The van der Waals surface area contributed by atoms with Crippen molar-refractivity contribution in [1.82, 2.24) is 10.2 Å². The minimum Gasteiger partial charge on any atom is -0.373 e. The Morgan fingerprint density at radius 2 is 1.90 bits per heavy atom. The minimum absolute atomic E-state index is 0.329. The third-order valence-electron chi connectivity index (χ3n) is 4.09. The Hall–Kier alpha value is -0.900. The predicted octanol–water partition coefficient (Wildman–Crippen LogP) is 2.67. The second-order valence-corrected chi connectivity index (χ2v) is 6.18. The number of rotatable bonds is 4. The molecular weight excluding hydrogens is 248 g/mol. The zero-order valence-electron chi connectivity index (χ0n) is 13.4. The van der Waals surface area contributed by atoms with Crippen molar-refractivity contribution < 1.29 is 4.74 Å². The van der Waals surface area contributed by atoms with Crippen molar-refractivity contribution >= 4 is 0 Å². The molecule has 3 heteroatoms. The molecule has 1 saturated heterocycles. The number of nitrogens with one attached hydrogen (secondary N) is 1. The highest BCUT2D eigenvalue weighted by molar-refractivity contribution is 5.33. The summed E-state index contributed by atoms with van der Waals surface area (Å²) in [7, 11) is 2.06. The molecule has 3 nitrogen and oxygen atoms in total. The molecule has 1 heterocycles. The monoisotopic (exact) mass is 276 g/mol. The van der Waals surface area contributed by atoms with Crippen LogP contribution in [0.25, 0.3) is 0 Å². The van der Waals surface area contributed by atoms with Crippen LogP contribution < -0.4 is 5.32 Å². The van der Waals surface area contributed by atoms with Crippen LogP contribution in [0.15, 0.2) is 18.2 Å². The molecule has 1 aromatic rings. The van der Waals surface area contributed by atoms with Crippen LogP contribution in [-0.4, -0.2) is 43.8 Å². The summed E-state index contributed by atoms with van der Waals surface area (Å²) in [5.41, 5.74) is 4.11. The highest BCUT2D eigenvalue weighted by atomic mass is 16.5. The smallest absolute Gasteiger partial charge is 0.0678 e. The van der Waals surface area contributed by atoms with Gasteiger partial charge in [0.05, 0.1) is 12.2 Å². The van der Waals surface area contributed by atoms with Crippen LogP contribution in [0.4, 0.5) is 0 Å². The van der Waals surface area contributed by atoms with E-state index in [0.29, 0.717) is 18.2 Å². The first kappa shape index (κ1) is 15.5. The van der Waals surface area contributed by atoms with E-state index in [1.807, 2.05) is 0 Å². The highest BCUT2D eigenvalue weighted by Crippen LogP contribution is 2.22. The van der Waals surface area contributed by atoms with E-state index >= 15 is 0 Å². The van der Waals surface area contributed by atoms with Crippen molar-refractivity contribution in [3.8, 4) is 0 Å². The number of hydrogen-bond acceptors (Lipinski definition) is 3. The maximum absolute atomic E-state index is 5.82. The first-order chi connectivity index (χ1) is 9.49. The molecule has 1 aromatic carbocycles. The first-order valence-corrected chi connectivity index (χ1v) is 7.61. The lowest BCUT2D eigenvalue weighted by molar-refractivity contribution is -0.0698. The van der Waals surface area contributed by atoms with Gasteiger partial charge in [-0.25, -0.2) is 0 Å². The summed E-state index contributed by atoms with van der Waals surface area (Å²) in [5.74, 6) is 0. The number of morpholine rings is 1.